The summed E-state index contributed by atoms with van der Waals surface area (Å²) in [6.45, 7) is 4.99. The zero-order chi connectivity index (χ0) is 20.0. The Hall–Kier alpha value is -2.83. The van der Waals surface area contributed by atoms with Gasteiger partial charge in [0, 0.05) is 24.3 Å². The van der Waals surface area contributed by atoms with E-state index in [2.05, 4.69) is 5.32 Å². The number of hydrogen-bond donors (Lipinski definition) is 1. The molecule has 27 heavy (non-hydrogen) atoms. The van der Waals surface area contributed by atoms with Gasteiger partial charge in [0.25, 0.3) is 5.91 Å². The maximum Gasteiger partial charge on any atom is 0.416 e. The minimum absolute atomic E-state index is 0.0955. The van der Waals surface area contributed by atoms with Gasteiger partial charge in [-0.05, 0) is 49.7 Å². The Morgan fingerprint density at radius 1 is 1.00 bits per heavy atom. The number of benzene rings is 2. The largest absolute Gasteiger partial charge is 0.416 e. The van der Waals surface area contributed by atoms with Crippen LogP contribution >= 0.6 is 0 Å². The van der Waals surface area contributed by atoms with Crippen LogP contribution in [0.2, 0.25) is 0 Å². The van der Waals surface area contributed by atoms with Crippen molar-refractivity contribution in [3.8, 4) is 0 Å². The van der Waals surface area contributed by atoms with Gasteiger partial charge in [0.15, 0.2) is 0 Å². The third kappa shape index (κ3) is 5.57. The third-order valence-electron chi connectivity index (χ3n) is 4.09. The standard InChI is InChI=1S/C20H21F3N2O2/c1-3-25(4-2)19(27)15-8-10-17(11-9-15)24-18(26)13-14-6-5-7-16(12-14)20(21,22)23/h5-12H,3-4,13H2,1-2H3,(H,24,26). The molecule has 0 spiro atoms. The van der Waals surface area contributed by atoms with Crippen LogP contribution in [0.15, 0.2) is 48.5 Å². The van der Waals surface area contributed by atoms with E-state index in [0.717, 1.165) is 12.1 Å². The number of amides is 2. The van der Waals surface area contributed by atoms with E-state index in [0.29, 0.717) is 24.3 Å². The number of carbonyl (C=O) groups excluding carboxylic acids is 2. The van der Waals surface area contributed by atoms with Crippen LogP contribution in [0, 0.1) is 0 Å². The fourth-order valence-electron chi connectivity index (χ4n) is 2.64. The normalized spacial score (nSPS) is 11.1. The lowest BCUT2D eigenvalue weighted by molar-refractivity contribution is -0.137. The predicted molar refractivity (Wildman–Crippen MR) is 97.5 cm³/mol. The van der Waals surface area contributed by atoms with Crippen molar-refractivity contribution in [1.29, 1.82) is 0 Å². The molecule has 0 atom stereocenters. The molecule has 2 aromatic rings. The van der Waals surface area contributed by atoms with Gasteiger partial charge in [-0.15, -0.1) is 0 Å². The maximum atomic E-state index is 12.7. The zero-order valence-corrected chi connectivity index (χ0v) is 15.1. The molecule has 0 radical (unpaired) electrons. The van der Waals surface area contributed by atoms with Gasteiger partial charge in [-0.25, -0.2) is 0 Å². The molecule has 0 unspecified atom stereocenters. The molecule has 144 valence electrons. The van der Waals surface area contributed by atoms with Gasteiger partial charge >= 0.3 is 6.18 Å². The number of hydrogen-bond acceptors (Lipinski definition) is 2. The topological polar surface area (TPSA) is 49.4 Å². The maximum absolute atomic E-state index is 12.7. The quantitative estimate of drug-likeness (QED) is 0.812. The predicted octanol–water partition coefficient (Wildman–Crippen LogP) is 4.37. The second-order valence-corrected chi connectivity index (χ2v) is 5.98. The monoisotopic (exact) mass is 378 g/mol. The zero-order valence-electron chi connectivity index (χ0n) is 15.1. The second-order valence-electron chi connectivity index (χ2n) is 5.98. The first-order valence-electron chi connectivity index (χ1n) is 8.60. The van der Waals surface area contributed by atoms with Gasteiger partial charge in [-0.3, -0.25) is 9.59 Å². The van der Waals surface area contributed by atoms with Crippen molar-refractivity contribution in [2.75, 3.05) is 18.4 Å². The van der Waals surface area contributed by atoms with Crippen LogP contribution < -0.4 is 5.32 Å². The van der Waals surface area contributed by atoms with Crippen LogP contribution in [-0.4, -0.2) is 29.8 Å². The first-order valence-corrected chi connectivity index (χ1v) is 8.60. The second kappa shape index (κ2) is 8.70. The number of anilines is 1. The van der Waals surface area contributed by atoms with Crippen LogP contribution in [0.5, 0.6) is 0 Å². The summed E-state index contributed by atoms with van der Waals surface area (Å²) in [5.74, 6) is -0.529. The summed E-state index contributed by atoms with van der Waals surface area (Å²) >= 11 is 0. The first-order chi connectivity index (χ1) is 12.7. The fourth-order valence-corrected chi connectivity index (χ4v) is 2.64. The highest BCUT2D eigenvalue weighted by Crippen LogP contribution is 2.29. The summed E-state index contributed by atoms with van der Waals surface area (Å²) < 4.78 is 38.2. The molecule has 2 aromatic carbocycles. The lowest BCUT2D eigenvalue weighted by atomic mass is 10.1. The molecule has 0 heterocycles. The van der Waals surface area contributed by atoms with Gasteiger partial charge in [0.1, 0.15) is 0 Å². The minimum atomic E-state index is -4.44. The number of rotatable bonds is 6. The number of carbonyl (C=O) groups is 2. The van der Waals surface area contributed by atoms with Crippen molar-refractivity contribution in [1.82, 2.24) is 4.90 Å². The minimum Gasteiger partial charge on any atom is -0.339 e. The Kier molecular flexibility index (Phi) is 6.60. The molecule has 0 aromatic heterocycles. The van der Waals surface area contributed by atoms with Crippen molar-refractivity contribution >= 4 is 17.5 Å². The van der Waals surface area contributed by atoms with Crippen molar-refractivity contribution in [2.24, 2.45) is 0 Å². The van der Waals surface area contributed by atoms with Crippen molar-refractivity contribution in [2.45, 2.75) is 26.4 Å². The molecular formula is C20H21F3N2O2. The summed E-state index contributed by atoms with van der Waals surface area (Å²) in [7, 11) is 0. The SMILES string of the molecule is CCN(CC)C(=O)c1ccc(NC(=O)Cc2cccc(C(F)(F)F)c2)cc1. The van der Waals surface area contributed by atoms with E-state index in [1.54, 1.807) is 29.2 Å². The summed E-state index contributed by atoms with van der Waals surface area (Å²) in [5.41, 5.74) is 0.473. The van der Waals surface area contributed by atoms with Crippen molar-refractivity contribution < 1.29 is 22.8 Å². The van der Waals surface area contributed by atoms with E-state index in [9.17, 15) is 22.8 Å². The summed E-state index contributed by atoms with van der Waals surface area (Å²) in [5, 5.41) is 2.63. The number of nitrogens with zero attached hydrogens (tertiary/aromatic N) is 1. The Morgan fingerprint density at radius 3 is 2.19 bits per heavy atom. The van der Waals surface area contributed by atoms with E-state index >= 15 is 0 Å². The Labute approximate surface area is 156 Å². The van der Waals surface area contributed by atoms with Crippen molar-refractivity contribution in [3.63, 3.8) is 0 Å². The molecule has 7 heteroatoms. The van der Waals surface area contributed by atoms with Gasteiger partial charge in [-0.1, -0.05) is 18.2 Å². The molecule has 1 N–H and O–H groups in total. The number of alkyl halides is 3. The Bertz CT molecular complexity index is 798. The van der Waals surface area contributed by atoms with Crippen molar-refractivity contribution in [3.05, 3.63) is 65.2 Å². The molecule has 0 aliphatic carbocycles. The highest BCUT2D eigenvalue weighted by molar-refractivity contribution is 5.96. The molecule has 0 bridgehead atoms. The third-order valence-corrected chi connectivity index (χ3v) is 4.09. The summed E-state index contributed by atoms with van der Waals surface area (Å²) in [6, 6.07) is 11.1. The van der Waals surface area contributed by atoms with Gasteiger partial charge < -0.3 is 10.2 Å². The summed E-state index contributed by atoms with van der Waals surface area (Å²) in [6.07, 6.45) is -4.62. The van der Waals surface area contributed by atoms with Crippen LogP contribution in [0.3, 0.4) is 0 Å². The average molecular weight is 378 g/mol. The van der Waals surface area contributed by atoms with Crippen LogP contribution in [0.25, 0.3) is 0 Å². The molecule has 0 saturated carbocycles. The van der Waals surface area contributed by atoms with Gasteiger partial charge in [-0.2, -0.15) is 13.2 Å². The lowest BCUT2D eigenvalue weighted by Crippen LogP contribution is -2.30. The first kappa shape index (κ1) is 20.5. The number of nitrogens with one attached hydrogen (secondary N) is 1. The average Bonchev–Trinajstić information content (AvgIpc) is 2.62. The molecular weight excluding hydrogens is 357 g/mol. The van der Waals surface area contributed by atoms with E-state index in [1.807, 2.05) is 13.8 Å². The van der Waals surface area contributed by atoms with E-state index in [4.69, 9.17) is 0 Å². The molecule has 0 saturated heterocycles. The Balaban J connectivity index is 2.01. The Morgan fingerprint density at radius 2 is 1.63 bits per heavy atom. The van der Waals surface area contributed by atoms with Gasteiger partial charge in [0.2, 0.25) is 5.91 Å². The molecule has 0 aliphatic rings. The highest BCUT2D eigenvalue weighted by atomic mass is 19.4. The van der Waals surface area contributed by atoms with E-state index in [1.165, 1.54) is 12.1 Å². The lowest BCUT2D eigenvalue weighted by Gasteiger charge is -2.18. The van der Waals surface area contributed by atoms with Gasteiger partial charge in [0.05, 0.1) is 12.0 Å². The van der Waals surface area contributed by atoms with Crippen LogP contribution in [-0.2, 0) is 17.4 Å². The molecule has 0 fully saturated rings. The smallest absolute Gasteiger partial charge is 0.339 e. The molecule has 0 aliphatic heterocycles. The van der Waals surface area contributed by atoms with E-state index in [-0.39, 0.29) is 17.9 Å². The van der Waals surface area contributed by atoms with Crippen LogP contribution in [0.4, 0.5) is 18.9 Å². The number of halogens is 3. The highest BCUT2D eigenvalue weighted by Gasteiger charge is 2.30. The fraction of sp³-hybridized carbons (Fsp3) is 0.300. The molecule has 4 nitrogen and oxygen atoms in total. The molecule has 2 amide bonds. The van der Waals surface area contributed by atoms with E-state index < -0.39 is 17.6 Å². The molecule has 2 rings (SSSR count). The van der Waals surface area contributed by atoms with Crippen LogP contribution in [0.1, 0.15) is 35.3 Å². The summed E-state index contributed by atoms with van der Waals surface area (Å²) in [4.78, 5) is 26.0.